The fourth-order valence-corrected chi connectivity index (χ4v) is 3.65. The monoisotopic (exact) mass is 397 g/mol. The van der Waals surface area contributed by atoms with Crippen LogP contribution in [-0.4, -0.2) is 35.4 Å². The number of hydrogen-bond donors (Lipinski definition) is 1. The van der Waals surface area contributed by atoms with Crippen molar-refractivity contribution in [2.45, 2.75) is 26.0 Å². The normalized spacial score (nSPS) is 14.6. The minimum atomic E-state index is -0.438. The maximum Gasteiger partial charge on any atom is 0.254 e. The number of benzene rings is 2. The Labute approximate surface area is 169 Å². The summed E-state index contributed by atoms with van der Waals surface area (Å²) in [7, 11) is 0. The Kier molecular flexibility index (Phi) is 6.36. The number of rotatable bonds is 6. The van der Waals surface area contributed by atoms with Crippen molar-refractivity contribution < 1.29 is 14.3 Å². The number of carbonyl (C=O) groups excluding carboxylic acids is 2. The maximum atomic E-state index is 12.7. The smallest absolute Gasteiger partial charge is 0.254 e. The first-order valence-electron chi connectivity index (χ1n) is 9.13. The molecule has 2 aromatic carbocycles. The topological polar surface area (TPSA) is 71.0 Å². The first-order chi connectivity index (χ1) is 13.5. The van der Waals surface area contributed by atoms with Gasteiger partial charge in [-0.2, -0.15) is 0 Å². The summed E-state index contributed by atoms with van der Waals surface area (Å²) in [6.45, 7) is 6.29. The second-order valence-electron chi connectivity index (χ2n) is 6.34. The molecule has 0 bridgehead atoms. The minimum absolute atomic E-state index is 0.0950. The Bertz CT molecular complexity index is 896. The molecule has 7 heteroatoms. The number of amides is 2. The Hall–Kier alpha value is -2.80. The lowest BCUT2D eigenvalue weighted by Gasteiger charge is -2.20. The highest BCUT2D eigenvalue weighted by molar-refractivity contribution is 8.15. The van der Waals surface area contributed by atoms with Crippen LogP contribution in [0.25, 0.3) is 0 Å². The molecule has 0 saturated carbocycles. The molecule has 1 heterocycles. The van der Waals surface area contributed by atoms with E-state index >= 15 is 0 Å². The van der Waals surface area contributed by atoms with E-state index < -0.39 is 5.25 Å². The van der Waals surface area contributed by atoms with Gasteiger partial charge in [-0.05, 0) is 45.0 Å². The van der Waals surface area contributed by atoms with Gasteiger partial charge in [0.15, 0.2) is 5.17 Å². The third kappa shape index (κ3) is 4.54. The Balaban J connectivity index is 1.69. The zero-order chi connectivity index (χ0) is 20.1. The number of carbonyl (C=O) groups is 2. The SMILES string of the molecule is CCOc1ccccc1NC(=O)[C@@H](C)SC1=NCC(=O)N1c1ccc(C)cc1. The number of aliphatic imine (C=N–C) groups is 1. The summed E-state index contributed by atoms with van der Waals surface area (Å²) in [6.07, 6.45) is 0. The van der Waals surface area contributed by atoms with Gasteiger partial charge in [0.05, 0.1) is 23.2 Å². The molecule has 2 aromatic rings. The number of amidine groups is 1. The van der Waals surface area contributed by atoms with Gasteiger partial charge in [0.25, 0.3) is 5.91 Å². The van der Waals surface area contributed by atoms with Crippen molar-refractivity contribution in [3.63, 3.8) is 0 Å². The van der Waals surface area contributed by atoms with E-state index in [9.17, 15) is 9.59 Å². The number of anilines is 2. The average molecular weight is 398 g/mol. The number of nitrogens with one attached hydrogen (secondary N) is 1. The fourth-order valence-electron chi connectivity index (χ4n) is 2.72. The van der Waals surface area contributed by atoms with E-state index in [-0.39, 0.29) is 18.4 Å². The van der Waals surface area contributed by atoms with E-state index in [1.165, 1.54) is 11.8 Å². The van der Waals surface area contributed by atoms with Gasteiger partial charge in [-0.25, -0.2) is 0 Å². The molecule has 1 atom stereocenters. The predicted octanol–water partition coefficient (Wildman–Crippen LogP) is 3.86. The first-order valence-corrected chi connectivity index (χ1v) is 10.0. The number of para-hydroxylation sites is 2. The lowest BCUT2D eigenvalue weighted by molar-refractivity contribution is -0.116. The molecule has 1 aliphatic rings. The van der Waals surface area contributed by atoms with Gasteiger partial charge >= 0.3 is 0 Å². The standard InChI is InChI=1S/C21H23N3O3S/c1-4-27-18-8-6-5-7-17(18)23-20(26)15(3)28-21-22-13-19(25)24(21)16-11-9-14(2)10-12-16/h5-12,15H,4,13H2,1-3H3,(H,23,26)/t15-/m1/s1. The highest BCUT2D eigenvalue weighted by atomic mass is 32.2. The molecule has 1 N–H and O–H groups in total. The zero-order valence-corrected chi connectivity index (χ0v) is 17.0. The van der Waals surface area contributed by atoms with E-state index in [1.54, 1.807) is 17.9 Å². The summed E-state index contributed by atoms with van der Waals surface area (Å²) >= 11 is 1.27. The lowest BCUT2D eigenvalue weighted by Crippen LogP contribution is -2.33. The van der Waals surface area contributed by atoms with E-state index in [0.717, 1.165) is 11.3 Å². The van der Waals surface area contributed by atoms with Crippen LogP contribution in [0.3, 0.4) is 0 Å². The molecule has 6 nitrogen and oxygen atoms in total. The van der Waals surface area contributed by atoms with Crippen LogP contribution in [0, 0.1) is 6.92 Å². The van der Waals surface area contributed by atoms with Gasteiger partial charge < -0.3 is 10.1 Å². The molecule has 0 unspecified atom stereocenters. The third-order valence-electron chi connectivity index (χ3n) is 4.18. The number of ether oxygens (including phenoxy) is 1. The molecule has 1 aliphatic heterocycles. The van der Waals surface area contributed by atoms with Crippen LogP contribution in [0.15, 0.2) is 53.5 Å². The maximum absolute atomic E-state index is 12.7. The molecular formula is C21H23N3O3S. The van der Waals surface area contributed by atoms with Gasteiger partial charge in [-0.3, -0.25) is 19.5 Å². The van der Waals surface area contributed by atoms with E-state index in [4.69, 9.17) is 4.74 Å². The highest BCUT2D eigenvalue weighted by Gasteiger charge is 2.30. The van der Waals surface area contributed by atoms with Gasteiger partial charge in [0, 0.05) is 0 Å². The van der Waals surface area contributed by atoms with Gasteiger partial charge in [0.1, 0.15) is 12.3 Å². The van der Waals surface area contributed by atoms with Crippen LogP contribution in [0.5, 0.6) is 5.75 Å². The number of thioether (sulfide) groups is 1. The predicted molar refractivity (Wildman–Crippen MR) is 114 cm³/mol. The van der Waals surface area contributed by atoms with Crippen molar-refractivity contribution >= 4 is 40.1 Å². The molecule has 28 heavy (non-hydrogen) atoms. The molecule has 0 saturated heterocycles. The molecular weight excluding hydrogens is 374 g/mol. The van der Waals surface area contributed by atoms with E-state index in [2.05, 4.69) is 10.3 Å². The van der Waals surface area contributed by atoms with Gasteiger partial charge in [0.2, 0.25) is 5.91 Å². The zero-order valence-electron chi connectivity index (χ0n) is 16.1. The van der Waals surface area contributed by atoms with Crippen LogP contribution in [0.2, 0.25) is 0 Å². The van der Waals surface area contributed by atoms with Crippen LogP contribution in [0.4, 0.5) is 11.4 Å². The molecule has 0 spiro atoms. The molecule has 3 rings (SSSR count). The summed E-state index contributed by atoms with van der Waals surface area (Å²) in [4.78, 5) is 30.9. The summed E-state index contributed by atoms with van der Waals surface area (Å²) in [5, 5.41) is 3.00. The molecule has 0 aliphatic carbocycles. The quantitative estimate of drug-likeness (QED) is 0.804. The average Bonchev–Trinajstić information content (AvgIpc) is 3.04. The third-order valence-corrected chi connectivity index (χ3v) is 5.27. The number of aryl methyl sites for hydroxylation is 1. The molecule has 0 fully saturated rings. The Morgan fingerprint density at radius 2 is 1.96 bits per heavy atom. The van der Waals surface area contributed by atoms with Crippen LogP contribution in [0.1, 0.15) is 19.4 Å². The van der Waals surface area contributed by atoms with Crippen LogP contribution >= 0.6 is 11.8 Å². The van der Waals surface area contributed by atoms with Crippen molar-refractivity contribution in [1.29, 1.82) is 0 Å². The van der Waals surface area contributed by atoms with Crippen LogP contribution in [-0.2, 0) is 9.59 Å². The van der Waals surface area contributed by atoms with Crippen LogP contribution < -0.4 is 15.0 Å². The Morgan fingerprint density at radius 1 is 1.25 bits per heavy atom. The van der Waals surface area contributed by atoms with Gasteiger partial charge in [-0.15, -0.1) is 0 Å². The Morgan fingerprint density at radius 3 is 2.68 bits per heavy atom. The van der Waals surface area contributed by atoms with Crippen molar-refractivity contribution in [2.75, 3.05) is 23.4 Å². The second-order valence-corrected chi connectivity index (χ2v) is 7.65. The molecule has 0 radical (unpaired) electrons. The van der Waals surface area contributed by atoms with Crippen molar-refractivity contribution in [2.24, 2.45) is 4.99 Å². The first kappa shape index (κ1) is 19.9. The summed E-state index contributed by atoms with van der Waals surface area (Å²) in [6, 6.07) is 15.0. The molecule has 0 aromatic heterocycles. The van der Waals surface area contributed by atoms with Crippen molar-refractivity contribution in [3.8, 4) is 5.75 Å². The largest absolute Gasteiger partial charge is 0.492 e. The second kappa shape index (κ2) is 8.93. The number of nitrogens with zero attached hydrogens (tertiary/aromatic N) is 2. The van der Waals surface area contributed by atoms with Gasteiger partial charge in [-0.1, -0.05) is 41.6 Å². The number of hydrogen-bond acceptors (Lipinski definition) is 5. The molecule has 2 amide bonds. The summed E-state index contributed by atoms with van der Waals surface area (Å²) < 4.78 is 5.55. The summed E-state index contributed by atoms with van der Waals surface area (Å²) in [5.74, 6) is 0.355. The highest BCUT2D eigenvalue weighted by Crippen LogP contribution is 2.28. The van der Waals surface area contributed by atoms with Crippen molar-refractivity contribution in [3.05, 3.63) is 54.1 Å². The fraction of sp³-hybridized carbons (Fsp3) is 0.286. The van der Waals surface area contributed by atoms with Crippen molar-refractivity contribution in [1.82, 2.24) is 0 Å². The van der Waals surface area contributed by atoms with E-state index in [0.29, 0.717) is 23.2 Å². The summed E-state index contributed by atoms with van der Waals surface area (Å²) in [5.41, 5.74) is 2.50. The lowest BCUT2D eigenvalue weighted by atomic mass is 10.2. The minimum Gasteiger partial charge on any atom is -0.492 e. The van der Waals surface area contributed by atoms with E-state index in [1.807, 2.05) is 56.3 Å². The molecule has 146 valence electrons.